The van der Waals surface area contributed by atoms with Gasteiger partial charge in [0.1, 0.15) is 0 Å². The molecule has 0 aliphatic carbocycles. The molecular weight excluding hydrogens is 323 g/mol. The molecule has 0 heterocycles. The lowest BCUT2D eigenvalue weighted by Gasteiger charge is -2.20. The van der Waals surface area contributed by atoms with Gasteiger partial charge in [-0.05, 0) is 36.1 Å². The molecule has 2 aromatic carbocycles. The summed E-state index contributed by atoms with van der Waals surface area (Å²) in [7, 11) is 1.50. The monoisotopic (exact) mass is 339 g/mol. The van der Waals surface area contributed by atoms with Crippen molar-refractivity contribution in [3.8, 4) is 0 Å². The Morgan fingerprint density at radius 3 is 2.26 bits per heavy atom. The predicted octanol–water partition coefficient (Wildman–Crippen LogP) is 4.70. The molecule has 0 atom stereocenters. The van der Waals surface area contributed by atoms with E-state index in [1.165, 1.54) is 30.1 Å². The van der Waals surface area contributed by atoms with Gasteiger partial charge in [0, 0.05) is 18.5 Å². The van der Waals surface area contributed by atoms with E-state index in [0.717, 1.165) is 16.5 Å². The number of carbonyl (C=O) groups is 1. The molecule has 0 spiro atoms. The largest absolute Gasteiger partial charge is 0.417 e. The van der Waals surface area contributed by atoms with Gasteiger partial charge in [-0.1, -0.05) is 24.3 Å². The number of thioether (sulfide) groups is 1. The van der Waals surface area contributed by atoms with Gasteiger partial charge in [0.25, 0.3) is 5.91 Å². The zero-order chi connectivity index (χ0) is 17.0. The van der Waals surface area contributed by atoms with Crippen molar-refractivity contribution in [1.29, 1.82) is 0 Å². The highest BCUT2D eigenvalue weighted by atomic mass is 32.2. The van der Waals surface area contributed by atoms with Gasteiger partial charge < -0.3 is 4.90 Å². The first-order valence-electron chi connectivity index (χ1n) is 6.87. The third-order valence-electron chi connectivity index (χ3n) is 3.39. The van der Waals surface area contributed by atoms with Crippen molar-refractivity contribution in [3.05, 3.63) is 65.2 Å². The van der Waals surface area contributed by atoms with Crippen molar-refractivity contribution in [2.75, 3.05) is 13.3 Å². The van der Waals surface area contributed by atoms with Crippen LogP contribution in [-0.4, -0.2) is 24.1 Å². The van der Waals surface area contributed by atoms with Crippen molar-refractivity contribution in [2.45, 2.75) is 17.6 Å². The number of nitrogens with zero attached hydrogens (tertiary/aromatic N) is 1. The first-order valence-corrected chi connectivity index (χ1v) is 8.10. The molecule has 0 aliphatic rings. The molecule has 2 nitrogen and oxygen atoms in total. The Morgan fingerprint density at radius 1 is 1.09 bits per heavy atom. The Labute approximate surface area is 137 Å². The van der Waals surface area contributed by atoms with Crippen LogP contribution in [-0.2, 0) is 12.7 Å². The zero-order valence-electron chi connectivity index (χ0n) is 12.7. The highest BCUT2D eigenvalue weighted by molar-refractivity contribution is 7.98. The normalized spacial score (nSPS) is 11.3. The number of rotatable bonds is 4. The minimum atomic E-state index is -4.55. The Hall–Kier alpha value is -1.95. The summed E-state index contributed by atoms with van der Waals surface area (Å²) in [6, 6.07) is 12.4. The number of amides is 1. The van der Waals surface area contributed by atoms with Gasteiger partial charge in [-0.15, -0.1) is 11.8 Å². The highest BCUT2D eigenvalue weighted by Crippen LogP contribution is 2.32. The molecule has 0 radical (unpaired) electrons. The Bertz CT molecular complexity index is 683. The fourth-order valence-electron chi connectivity index (χ4n) is 2.20. The Kier molecular flexibility index (Phi) is 5.36. The quantitative estimate of drug-likeness (QED) is 0.753. The van der Waals surface area contributed by atoms with Crippen LogP contribution >= 0.6 is 11.8 Å². The summed E-state index contributed by atoms with van der Waals surface area (Å²) < 4.78 is 39.0. The van der Waals surface area contributed by atoms with Crippen LogP contribution in [0.15, 0.2) is 53.4 Å². The molecule has 0 aliphatic heterocycles. The summed E-state index contributed by atoms with van der Waals surface area (Å²) in [6.45, 7) is 0.250. The molecule has 0 saturated carbocycles. The maximum atomic E-state index is 13.0. The summed E-state index contributed by atoms with van der Waals surface area (Å²) >= 11 is 1.60. The van der Waals surface area contributed by atoms with Gasteiger partial charge >= 0.3 is 6.18 Å². The fraction of sp³-hybridized carbons (Fsp3) is 0.235. The molecule has 0 N–H and O–H groups in total. The van der Waals surface area contributed by atoms with Crippen LogP contribution in [0.4, 0.5) is 13.2 Å². The van der Waals surface area contributed by atoms with Crippen molar-refractivity contribution < 1.29 is 18.0 Å². The van der Waals surface area contributed by atoms with Gasteiger partial charge in [-0.25, -0.2) is 0 Å². The number of hydrogen-bond donors (Lipinski definition) is 0. The average Bonchev–Trinajstić information content (AvgIpc) is 2.54. The topological polar surface area (TPSA) is 20.3 Å². The summed E-state index contributed by atoms with van der Waals surface area (Å²) in [5.41, 5.74) is -0.374. The van der Waals surface area contributed by atoms with E-state index in [4.69, 9.17) is 0 Å². The van der Waals surface area contributed by atoms with Gasteiger partial charge in [0.15, 0.2) is 0 Å². The van der Waals surface area contributed by atoms with Crippen molar-refractivity contribution >= 4 is 17.7 Å². The number of hydrogen-bond acceptors (Lipinski definition) is 2. The number of halogens is 3. The number of alkyl halides is 3. The third-order valence-corrected chi connectivity index (χ3v) is 4.13. The van der Waals surface area contributed by atoms with Gasteiger partial charge in [-0.2, -0.15) is 13.2 Å². The van der Waals surface area contributed by atoms with Gasteiger partial charge in [0.05, 0.1) is 11.1 Å². The van der Waals surface area contributed by atoms with Crippen LogP contribution in [0.25, 0.3) is 0 Å². The van der Waals surface area contributed by atoms with E-state index in [0.29, 0.717) is 0 Å². The molecule has 0 saturated heterocycles. The van der Waals surface area contributed by atoms with Crippen LogP contribution in [0.1, 0.15) is 21.5 Å². The first-order chi connectivity index (χ1) is 10.8. The van der Waals surface area contributed by atoms with Crippen LogP contribution in [0.5, 0.6) is 0 Å². The Balaban J connectivity index is 2.20. The van der Waals surface area contributed by atoms with Crippen molar-refractivity contribution in [1.82, 2.24) is 4.90 Å². The summed E-state index contributed by atoms with van der Waals surface area (Å²) in [6.07, 6.45) is -2.59. The molecule has 1 amide bonds. The second-order valence-corrected chi connectivity index (χ2v) is 5.93. The standard InChI is InChI=1S/C17H16F3NOS/c1-21(11-12-7-9-13(23-2)10-8-12)16(22)14-5-3-4-6-15(14)17(18,19)20/h3-10H,11H2,1-2H3. The van der Waals surface area contributed by atoms with E-state index in [-0.39, 0.29) is 12.1 Å². The molecule has 2 aromatic rings. The summed E-state index contributed by atoms with van der Waals surface area (Å²) in [5.74, 6) is -0.646. The van der Waals surface area contributed by atoms with E-state index in [1.807, 2.05) is 30.5 Å². The van der Waals surface area contributed by atoms with Crippen LogP contribution in [0, 0.1) is 0 Å². The molecule has 122 valence electrons. The van der Waals surface area contributed by atoms with Crippen molar-refractivity contribution in [2.24, 2.45) is 0 Å². The summed E-state index contributed by atoms with van der Waals surface area (Å²) in [5, 5.41) is 0. The first kappa shape index (κ1) is 17.4. The smallest absolute Gasteiger partial charge is 0.337 e. The number of benzene rings is 2. The average molecular weight is 339 g/mol. The third kappa shape index (κ3) is 4.28. The van der Waals surface area contributed by atoms with Gasteiger partial charge in [-0.3, -0.25) is 4.79 Å². The molecule has 6 heteroatoms. The van der Waals surface area contributed by atoms with E-state index < -0.39 is 17.6 Å². The summed E-state index contributed by atoms with van der Waals surface area (Å²) in [4.78, 5) is 14.7. The van der Waals surface area contributed by atoms with Crippen LogP contribution in [0.3, 0.4) is 0 Å². The fourth-order valence-corrected chi connectivity index (χ4v) is 2.61. The maximum Gasteiger partial charge on any atom is 0.417 e. The molecule has 0 aromatic heterocycles. The minimum absolute atomic E-state index is 0.250. The van der Waals surface area contributed by atoms with E-state index in [9.17, 15) is 18.0 Å². The second kappa shape index (κ2) is 7.08. The molecular formula is C17H16F3NOS. The van der Waals surface area contributed by atoms with Gasteiger partial charge in [0.2, 0.25) is 0 Å². The molecule has 0 unspecified atom stereocenters. The lowest BCUT2D eigenvalue weighted by Crippen LogP contribution is -2.28. The molecule has 23 heavy (non-hydrogen) atoms. The molecule has 0 fully saturated rings. The lowest BCUT2D eigenvalue weighted by molar-refractivity contribution is -0.138. The SMILES string of the molecule is CSc1ccc(CN(C)C(=O)c2ccccc2C(F)(F)F)cc1. The zero-order valence-corrected chi connectivity index (χ0v) is 13.5. The lowest BCUT2D eigenvalue weighted by atomic mass is 10.1. The highest BCUT2D eigenvalue weighted by Gasteiger charge is 2.35. The minimum Gasteiger partial charge on any atom is -0.337 e. The Morgan fingerprint density at radius 2 is 1.70 bits per heavy atom. The van der Waals surface area contributed by atoms with Crippen LogP contribution < -0.4 is 0 Å². The predicted molar refractivity (Wildman–Crippen MR) is 85.5 cm³/mol. The van der Waals surface area contributed by atoms with E-state index in [2.05, 4.69) is 0 Å². The maximum absolute atomic E-state index is 13.0. The second-order valence-electron chi connectivity index (χ2n) is 5.05. The molecule has 0 bridgehead atoms. The van der Waals surface area contributed by atoms with E-state index >= 15 is 0 Å². The van der Waals surface area contributed by atoms with E-state index in [1.54, 1.807) is 11.8 Å². The number of carbonyl (C=O) groups excluding carboxylic acids is 1. The molecule has 2 rings (SSSR count). The van der Waals surface area contributed by atoms with Crippen LogP contribution in [0.2, 0.25) is 0 Å². The van der Waals surface area contributed by atoms with Crippen molar-refractivity contribution in [3.63, 3.8) is 0 Å².